The van der Waals surface area contributed by atoms with Crippen LogP contribution in [0.2, 0.25) is 0 Å². The SMILES string of the molecule is O=C(Nc1ccn(-c2ccccc2)n1)c1ccccc1OC1CCC1. The summed E-state index contributed by atoms with van der Waals surface area (Å²) in [6, 6.07) is 18.9. The van der Waals surface area contributed by atoms with Crippen LogP contribution in [-0.2, 0) is 0 Å². The molecule has 0 aliphatic heterocycles. The Morgan fingerprint density at radius 1 is 1.04 bits per heavy atom. The number of benzene rings is 2. The zero-order chi connectivity index (χ0) is 17.1. The van der Waals surface area contributed by atoms with Crippen LogP contribution in [0.1, 0.15) is 29.6 Å². The molecule has 1 N–H and O–H groups in total. The lowest BCUT2D eigenvalue weighted by atomic mass is 9.96. The number of anilines is 1. The average Bonchev–Trinajstić information content (AvgIpc) is 3.08. The molecule has 1 aliphatic carbocycles. The number of carbonyl (C=O) groups excluding carboxylic acids is 1. The Morgan fingerprint density at radius 2 is 1.80 bits per heavy atom. The normalized spacial score (nSPS) is 13.9. The van der Waals surface area contributed by atoms with E-state index in [1.54, 1.807) is 16.8 Å². The summed E-state index contributed by atoms with van der Waals surface area (Å²) >= 11 is 0. The van der Waals surface area contributed by atoms with Crippen molar-refractivity contribution >= 4 is 11.7 Å². The predicted octanol–water partition coefficient (Wildman–Crippen LogP) is 4.06. The Hall–Kier alpha value is -3.08. The molecule has 0 unspecified atom stereocenters. The van der Waals surface area contributed by atoms with E-state index >= 15 is 0 Å². The third kappa shape index (κ3) is 3.40. The third-order valence-electron chi connectivity index (χ3n) is 4.33. The quantitative estimate of drug-likeness (QED) is 0.766. The van der Waals surface area contributed by atoms with Crippen molar-refractivity contribution in [3.63, 3.8) is 0 Å². The number of nitrogens with one attached hydrogen (secondary N) is 1. The zero-order valence-electron chi connectivity index (χ0n) is 13.8. The second-order valence-electron chi connectivity index (χ2n) is 6.10. The monoisotopic (exact) mass is 333 g/mol. The van der Waals surface area contributed by atoms with E-state index < -0.39 is 0 Å². The summed E-state index contributed by atoms with van der Waals surface area (Å²) in [7, 11) is 0. The molecule has 0 radical (unpaired) electrons. The van der Waals surface area contributed by atoms with Crippen LogP contribution < -0.4 is 10.1 Å². The highest BCUT2D eigenvalue weighted by molar-refractivity contribution is 6.05. The summed E-state index contributed by atoms with van der Waals surface area (Å²) in [5.74, 6) is 0.924. The minimum Gasteiger partial charge on any atom is -0.490 e. The first kappa shape index (κ1) is 15.4. The minimum atomic E-state index is -0.215. The van der Waals surface area contributed by atoms with Crippen LogP contribution in [0.4, 0.5) is 5.82 Å². The highest BCUT2D eigenvalue weighted by Crippen LogP contribution is 2.28. The van der Waals surface area contributed by atoms with E-state index in [2.05, 4.69) is 10.4 Å². The molecule has 1 saturated carbocycles. The van der Waals surface area contributed by atoms with Crippen molar-refractivity contribution in [2.45, 2.75) is 25.4 Å². The molecule has 25 heavy (non-hydrogen) atoms. The van der Waals surface area contributed by atoms with Crippen LogP contribution in [0.5, 0.6) is 5.75 Å². The Kier molecular flexibility index (Phi) is 4.21. The number of nitrogens with zero attached hydrogens (tertiary/aromatic N) is 2. The van der Waals surface area contributed by atoms with Crippen molar-refractivity contribution in [1.82, 2.24) is 9.78 Å². The van der Waals surface area contributed by atoms with Gasteiger partial charge >= 0.3 is 0 Å². The number of aromatic nitrogens is 2. The summed E-state index contributed by atoms with van der Waals surface area (Å²) in [5, 5.41) is 7.25. The number of carbonyl (C=O) groups is 1. The average molecular weight is 333 g/mol. The molecule has 4 rings (SSSR count). The third-order valence-corrected chi connectivity index (χ3v) is 4.33. The standard InChI is InChI=1S/C20H19N3O2/c24-20(17-11-4-5-12-18(17)25-16-9-6-10-16)21-19-13-14-23(22-19)15-7-2-1-3-8-15/h1-5,7-8,11-14,16H,6,9-10H2,(H,21,22,24). The van der Waals surface area contributed by atoms with E-state index in [-0.39, 0.29) is 12.0 Å². The van der Waals surface area contributed by atoms with E-state index in [0.29, 0.717) is 17.1 Å². The van der Waals surface area contributed by atoms with Crippen LogP contribution >= 0.6 is 0 Å². The van der Waals surface area contributed by atoms with Crippen LogP contribution in [0.3, 0.4) is 0 Å². The maximum atomic E-state index is 12.6. The molecule has 5 heteroatoms. The Bertz CT molecular complexity index is 869. The molecule has 1 aliphatic rings. The molecular formula is C20H19N3O2. The maximum Gasteiger partial charge on any atom is 0.260 e. The molecular weight excluding hydrogens is 314 g/mol. The number of ether oxygens (including phenoxy) is 1. The number of rotatable bonds is 5. The molecule has 3 aromatic rings. The molecule has 1 amide bonds. The van der Waals surface area contributed by atoms with Gasteiger partial charge in [-0.05, 0) is 43.5 Å². The summed E-state index contributed by atoms with van der Waals surface area (Å²) in [6.45, 7) is 0. The second-order valence-corrected chi connectivity index (χ2v) is 6.10. The van der Waals surface area contributed by atoms with E-state index in [1.165, 1.54) is 6.42 Å². The molecule has 5 nitrogen and oxygen atoms in total. The van der Waals surface area contributed by atoms with Gasteiger partial charge in [0.05, 0.1) is 17.4 Å². The van der Waals surface area contributed by atoms with E-state index in [9.17, 15) is 4.79 Å². The molecule has 0 saturated heterocycles. The van der Waals surface area contributed by atoms with E-state index in [0.717, 1.165) is 18.5 Å². The van der Waals surface area contributed by atoms with Gasteiger partial charge < -0.3 is 10.1 Å². The summed E-state index contributed by atoms with van der Waals surface area (Å²) < 4.78 is 7.66. The highest BCUT2D eigenvalue weighted by Gasteiger charge is 2.22. The molecule has 126 valence electrons. The number of amides is 1. The van der Waals surface area contributed by atoms with Gasteiger partial charge in [0.25, 0.3) is 5.91 Å². The van der Waals surface area contributed by atoms with Gasteiger partial charge in [0.2, 0.25) is 0 Å². The van der Waals surface area contributed by atoms with Crippen LogP contribution in [-0.4, -0.2) is 21.8 Å². The van der Waals surface area contributed by atoms with Gasteiger partial charge in [-0.25, -0.2) is 4.68 Å². The number of hydrogen-bond acceptors (Lipinski definition) is 3. The summed E-state index contributed by atoms with van der Waals surface area (Å²) in [6.07, 6.45) is 5.35. The van der Waals surface area contributed by atoms with Gasteiger partial charge in [-0.2, -0.15) is 5.10 Å². The van der Waals surface area contributed by atoms with Gasteiger partial charge in [-0.15, -0.1) is 0 Å². The molecule has 0 bridgehead atoms. The van der Waals surface area contributed by atoms with Crippen molar-refractivity contribution in [1.29, 1.82) is 0 Å². The molecule has 1 fully saturated rings. The fraction of sp³-hybridized carbons (Fsp3) is 0.200. The fourth-order valence-electron chi connectivity index (χ4n) is 2.72. The number of para-hydroxylation sites is 2. The molecule has 0 spiro atoms. The zero-order valence-corrected chi connectivity index (χ0v) is 13.8. The van der Waals surface area contributed by atoms with Crippen molar-refractivity contribution in [2.75, 3.05) is 5.32 Å². The first-order valence-corrected chi connectivity index (χ1v) is 8.48. The lowest BCUT2D eigenvalue weighted by Crippen LogP contribution is -2.26. The van der Waals surface area contributed by atoms with Crippen molar-refractivity contribution in [2.24, 2.45) is 0 Å². The summed E-state index contributed by atoms with van der Waals surface area (Å²) in [4.78, 5) is 12.6. The molecule has 0 atom stereocenters. The topological polar surface area (TPSA) is 56.2 Å². The van der Waals surface area contributed by atoms with Crippen molar-refractivity contribution in [3.05, 3.63) is 72.4 Å². The van der Waals surface area contributed by atoms with E-state index in [1.807, 2.05) is 54.7 Å². The largest absolute Gasteiger partial charge is 0.490 e. The van der Waals surface area contributed by atoms with E-state index in [4.69, 9.17) is 4.74 Å². The van der Waals surface area contributed by atoms with Crippen molar-refractivity contribution in [3.8, 4) is 11.4 Å². The van der Waals surface area contributed by atoms with Gasteiger partial charge in [0, 0.05) is 12.3 Å². The lowest BCUT2D eigenvalue weighted by Gasteiger charge is -2.27. The Balaban J connectivity index is 1.50. The first-order chi connectivity index (χ1) is 12.3. The molecule has 2 aromatic carbocycles. The smallest absolute Gasteiger partial charge is 0.260 e. The van der Waals surface area contributed by atoms with Gasteiger partial charge in [-0.1, -0.05) is 30.3 Å². The van der Waals surface area contributed by atoms with Crippen LogP contribution in [0.15, 0.2) is 66.9 Å². The number of hydrogen-bond donors (Lipinski definition) is 1. The van der Waals surface area contributed by atoms with Gasteiger partial charge in [0.15, 0.2) is 5.82 Å². The minimum absolute atomic E-state index is 0.215. The van der Waals surface area contributed by atoms with Crippen LogP contribution in [0, 0.1) is 0 Å². The lowest BCUT2D eigenvalue weighted by molar-refractivity contribution is 0.0991. The van der Waals surface area contributed by atoms with Crippen LogP contribution in [0.25, 0.3) is 5.69 Å². The highest BCUT2D eigenvalue weighted by atomic mass is 16.5. The van der Waals surface area contributed by atoms with Gasteiger partial charge in [-0.3, -0.25) is 4.79 Å². The Labute approximate surface area is 146 Å². The molecule has 1 aromatic heterocycles. The second kappa shape index (κ2) is 6.81. The first-order valence-electron chi connectivity index (χ1n) is 8.48. The maximum absolute atomic E-state index is 12.6. The molecule has 1 heterocycles. The predicted molar refractivity (Wildman–Crippen MR) is 96.2 cm³/mol. The fourth-order valence-corrected chi connectivity index (χ4v) is 2.72. The van der Waals surface area contributed by atoms with Gasteiger partial charge in [0.1, 0.15) is 5.75 Å². The summed E-state index contributed by atoms with van der Waals surface area (Å²) in [5.41, 5.74) is 1.47. The van der Waals surface area contributed by atoms with Crippen molar-refractivity contribution < 1.29 is 9.53 Å². The Morgan fingerprint density at radius 3 is 2.56 bits per heavy atom.